The van der Waals surface area contributed by atoms with Crippen molar-refractivity contribution in [1.82, 2.24) is 29.5 Å². The third kappa shape index (κ3) is 3.96. The van der Waals surface area contributed by atoms with E-state index < -0.39 is 54.4 Å². The number of aliphatic hydroxyl groups is 1. The summed E-state index contributed by atoms with van der Waals surface area (Å²) in [5, 5.41) is 18.5. The van der Waals surface area contributed by atoms with Crippen molar-refractivity contribution < 1.29 is 20.8 Å². The molecule has 4 aromatic rings. The van der Waals surface area contributed by atoms with Crippen molar-refractivity contribution in [2.45, 2.75) is 13.0 Å². The zero-order valence-electron chi connectivity index (χ0n) is 23.6. The van der Waals surface area contributed by atoms with Crippen molar-refractivity contribution in [3.05, 3.63) is 82.7 Å². The zero-order chi connectivity index (χ0) is 28.0. The first kappa shape index (κ1) is 12.0. The lowest BCUT2D eigenvalue weighted by atomic mass is 10.0. The Morgan fingerprint density at radius 3 is 2.93 bits per heavy atom. The molecule has 0 radical (unpaired) electrons. The molecule has 0 aliphatic heterocycles. The van der Waals surface area contributed by atoms with Crippen LogP contribution in [0.5, 0.6) is 5.75 Å². The van der Waals surface area contributed by atoms with Gasteiger partial charge in [-0.15, -0.1) is 0 Å². The highest BCUT2D eigenvalue weighted by Crippen LogP contribution is 2.24. The second-order valence-corrected chi connectivity index (χ2v) is 5.92. The molecule has 9 heteroatoms. The topological polar surface area (TPSA) is 108 Å². The van der Waals surface area contributed by atoms with Gasteiger partial charge in [0.05, 0.1) is 38.2 Å². The number of rotatable bonds is 6. The summed E-state index contributed by atoms with van der Waals surface area (Å²) >= 11 is 0. The van der Waals surface area contributed by atoms with Crippen LogP contribution in [0.3, 0.4) is 0 Å². The van der Waals surface area contributed by atoms with E-state index in [4.69, 9.17) is 15.7 Å². The van der Waals surface area contributed by atoms with Gasteiger partial charge in [0, 0.05) is 28.9 Å². The molecule has 0 saturated heterocycles. The van der Waals surface area contributed by atoms with Gasteiger partial charge < -0.3 is 9.84 Å². The van der Waals surface area contributed by atoms with Gasteiger partial charge in [-0.1, -0.05) is 18.2 Å². The van der Waals surface area contributed by atoms with Crippen LogP contribution in [0, 0.1) is 0 Å². The SMILES string of the molecule is [2H]c1nn(C([2H])([2H])[2H])c([2H])c1-n1nc(C([2H])(O)c2cccc(-c3ncc(OCC)cn3)c2)c(=O)c([2H])c1[2H]. The standard InChI is InChI=1S/C21H20N6O3/c1-3-30-17-11-22-21(23-12-17)15-6-4-5-14(9-15)20(29)19-18(28)7-8-27(25-19)16-10-24-26(2)13-16/h4-13,20,29H,3H2,1-2H3/i2D3,7D,8D,10D,13D,20D. The Bertz CT molecular complexity index is 1570. The number of ether oxygens (including phenoxy) is 1. The summed E-state index contributed by atoms with van der Waals surface area (Å²) in [5.41, 5.74) is -2.55. The molecule has 9 nitrogen and oxygen atoms in total. The monoisotopic (exact) mass is 412 g/mol. The molecule has 0 spiro atoms. The summed E-state index contributed by atoms with van der Waals surface area (Å²) < 4.78 is 69.4. The van der Waals surface area contributed by atoms with Crippen molar-refractivity contribution >= 4 is 0 Å². The van der Waals surface area contributed by atoms with E-state index in [9.17, 15) is 9.90 Å². The van der Waals surface area contributed by atoms with Crippen LogP contribution in [-0.2, 0) is 6.98 Å². The lowest BCUT2D eigenvalue weighted by Crippen LogP contribution is -2.20. The van der Waals surface area contributed by atoms with Crippen molar-refractivity contribution in [2.75, 3.05) is 6.61 Å². The molecular weight excluding hydrogens is 384 g/mol. The zero-order valence-corrected chi connectivity index (χ0v) is 15.6. The normalized spacial score (nSPS) is 17.3. The smallest absolute Gasteiger partial charge is 0.206 e. The largest absolute Gasteiger partial charge is 0.491 e. The van der Waals surface area contributed by atoms with E-state index >= 15 is 0 Å². The highest BCUT2D eigenvalue weighted by atomic mass is 16.5. The number of hydrogen-bond acceptors (Lipinski definition) is 7. The summed E-state index contributed by atoms with van der Waals surface area (Å²) in [7, 11) is 0. The second kappa shape index (κ2) is 8.26. The third-order valence-corrected chi connectivity index (χ3v) is 3.93. The van der Waals surface area contributed by atoms with E-state index in [0.29, 0.717) is 22.6 Å². The van der Waals surface area contributed by atoms with Gasteiger partial charge in [-0.25, -0.2) is 14.6 Å². The van der Waals surface area contributed by atoms with Crippen molar-refractivity contribution in [3.8, 4) is 22.8 Å². The average molecular weight is 412 g/mol. The Kier molecular flexibility index (Phi) is 3.30. The van der Waals surface area contributed by atoms with Gasteiger partial charge in [-0.05, 0) is 18.6 Å². The summed E-state index contributed by atoms with van der Waals surface area (Å²) in [4.78, 5) is 21.3. The molecule has 0 saturated carbocycles. The maximum atomic E-state index is 12.9. The molecule has 1 unspecified atom stereocenters. The van der Waals surface area contributed by atoms with Gasteiger partial charge in [-0.2, -0.15) is 10.2 Å². The van der Waals surface area contributed by atoms with Crippen LogP contribution < -0.4 is 10.2 Å². The lowest BCUT2D eigenvalue weighted by Gasteiger charge is -2.13. The Hall–Kier alpha value is -3.85. The van der Waals surface area contributed by atoms with Crippen LogP contribution >= 0.6 is 0 Å². The first-order valence-electron chi connectivity index (χ1n) is 12.7. The van der Waals surface area contributed by atoms with Crippen LogP contribution in [-0.4, -0.2) is 41.2 Å². The third-order valence-electron chi connectivity index (χ3n) is 3.93. The van der Waals surface area contributed by atoms with Crippen molar-refractivity contribution in [3.63, 3.8) is 0 Å². The predicted octanol–water partition coefficient (Wildman–Crippen LogP) is 1.90. The quantitative estimate of drug-likeness (QED) is 0.515. The molecule has 3 heterocycles. The number of nitrogens with zero attached hydrogens (tertiary/aromatic N) is 6. The van der Waals surface area contributed by atoms with E-state index in [2.05, 4.69) is 20.2 Å². The van der Waals surface area contributed by atoms with Crippen molar-refractivity contribution in [1.29, 1.82) is 0 Å². The van der Waals surface area contributed by atoms with Gasteiger partial charge in [0.15, 0.2) is 11.6 Å². The summed E-state index contributed by atoms with van der Waals surface area (Å²) in [6.45, 7) is -0.706. The van der Waals surface area contributed by atoms with Gasteiger partial charge in [0.25, 0.3) is 0 Å². The van der Waals surface area contributed by atoms with Gasteiger partial charge in [-0.3, -0.25) is 9.48 Å². The maximum absolute atomic E-state index is 12.9. The molecule has 3 aromatic heterocycles. The fraction of sp³-hybridized carbons (Fsp3) is 0.190. The predicted molar refractivity (Wildman–Crippen MR) is 109 cm³/mol. The summed E-state index contributed by atoms with van der Waals surface area (Å²) in [5.74, 6) is 0.672. The molecular formula is C21H20N6O3. The minimum Gasteiger partial charge on any atom is -0.491 e. The Morgan fingerprint density at radius 1 is 1.37 bits per heavy atom. The molecule has 0 bridgehead atoms. The first-order valence-corrected chi connectivity index (χ1v) is 8.73. The second-order valence-electron chi connectivity index (χ2n) is 5.92. The Labute approximate surface area is 183 Å². The molecule has 1 atom stereocenters. The number of benzene rings is 1. The minimum atomic E-state index is -2.93. The highest BCUT2D eigenvalue weighted by molar-refractivity contribution is 5.56. The molecule has 1 N–H and O–H groups in total. The summed E-state index contributed by atoms with van der Waals surface area (Å²) in [6.07, 6.45) is -2.48. The lowest BCUT2D eigenvalue weighted by molar-refractivity contribution is 0.212. The van der Waals surface area contributed by atoms with Gasteiger partial charge >= 0.3 is 0 Å². The Morgan fingerprint density at radius 2 is 2.20 bits per heavy atom. The molecule has 30 heavy (non-hydrogen) atoms. The minimum absolute atomic E-state index is 0.156. The molecule has 0 aliphatic carbocycles. The number of hydrogen-bond donors (Lipinski definition) is 1. The fourth-order valence-electron chi connectivity index (χ4n) is 2.59. The van der Waals surface area contributed by atoms with E-state index in [0.717, 1.165) is 0 Å². The molecule has 0 aliphatic rings. The molecule has 1 aromatic carbocycles. The van der Waals surface area contributed by atoms with Gasteiger partial charge in [0.1, 0.15) is 17.5 Å². The number of aryl methyl sites for hydroxylation is 1. The van der Waals surface area contributed by atoms with Crippen LogP contribution in [0.4, 0.5) is 0 Å². The molecule has 0 fully saturated rings. The van der Waals surface area contributed by atoms with E-state index in [1.165, 1.54) is 30.6 Å². The molecule has 152 valence electrons. The first-order chi connectivity index (χ1) is 17.8. The molecule has 0 amide bonds. The number of aromatic nitrogens is 6. The van der Waals surface area contributed by atoms with E-state index in [1.54, 1.807) is 13.0 Å². The van der Waals surface area contributed by atoms with Crippen LogP contribution in [0.2, 0.25) is 0 Å². The van der Waals surface area contributed by atoms with E-state index in [-0.39, 0.29) is 16.1 Å². The Balaban J connectivity index is 1.85. The van der Waals surface area contributed by atoms with Crippen LogP contribution in [0.1, 0.15) is 35.2 Å². The summed E-state index contributed by atoms with van der Waals surface area (Å²) in [6, 6.07) is 4.75. The fourth-order valence-corrected chi connectivity index (χ4v) is 2.59. The van der Waals surface area contributed by atoms with Crippen LogP contribution in [0.15, 0.2) is 66.0 Å². The van der Waals surface area contributed by atoms with E-state index in [1.807, 2.05) is 0 Å². The maximum Gasteiger partial charge on any atom is 0.206 e. The molecule has 4 rings (SSSR count). The average Bonchev–Trinajstić information content (AvgIpc) is 3.17. The van der Waals surface area contributed by atoms with Gasteiger partial charge in [0.2, 0.25) is 5.43 Å². The highest BCUT2D eigenvalue weighted by Gasteiger charge is 2.18. The van der Waals surface area contributed by atoms with Crippen LogP contribution in [0.25, 0.3) is 17.1 Å². The van der Waals surface area contributed by atoms with Crippen molar-refractivity contribution in [2.24, 2.45) is 6.98 Å².